The van der Waals surface area contributed by atoms with E-state index in [2.05, 4.69) is 33.9 Å². The van der Waals surface area contributed by atoms with Crippen LogP contribution in [0.1, 0.15) is 55.4 Å². The van der Waals surface area contributed by atoms with E-state index < -0.39 is 49.8 Å². The number of β-lactam (4-membered cyclic amide) rings is 1. The zero-order valence-corrected chi connectivity index (χ0v) is 20.0. The molecule has 1 saturated heterocycles. The third-order valence-corrected chi connectivity index (χ3v) is 10.3. The maximum absolute atomic E-state index is 12.8. The standard InChI is InChI=1S/C20H37NO6Si/c1-12(18(24)25)16-15(13(2)27-28(9,10)20(6,7)8)17(23)21(16)11-14(22)26-19(3,4)5/h12-13,15-16H,11H2,1-10H3,(H,24,25)/t12-,13+,15+,16+/m0/s1. The average Bonchev–Trinajstić information content (AvgIpc) is 2.45. The van der Waals surface area contributed by atoms with E-state index >= 15 is 0 Å². The van der Waals surface area contributed by atoms with Crippen molar-refractivity contribution in [2.24, 2.45) is 11.8 Å². The van der Waals surface area contributed by atoms with Crippen molar-refractivity contribution in [3.8, 4) is 0 Å². The molecule has 0 radical (unpaired) electrons. The SMILES string of the molecule is C[C@H](C(=O)O)[C@@H]1[C@@H]([C@@H](C)O[Si](C)(C)C(C)(C)C)C(=O)N1CC(=O)OC(C)(C)C. The molecule has 0 saturated carbocycles. The van der Waals surface area contributed by atoms with Gasteiger partial charge in [0, 0.05) is 0 Å². The molecular weight excluding hydrogens is 378 g/mol. The molecule has 162 valence electrons. The Labute approximate surface area is 169 Å². The molecule has 8 heteroatoms. The number of esters is 1. The van der Waals surface area contributed by atoms with E-state index in [1.165, 1.54) is 4.90 Å². The monoisotopic (exact) mass is 415 g/mol. The third-order valence-electron chi connectivity index (χ3n) is 5.71. The van der Waals surface area contributed by atoms with Crippen molar-refractivity contribution in [1.29, 1.82) is 0 Å². The number of carboxylic acid groups (broad SMARTS) is 1. The van der Waals surface area contributed by atoms with Crippen molar-refractivity contribution in [2.45, 2.75) is 91.3 Å². The summed E-state index contributed by atoms with van der Waals surface area (Å²) in [6.07, 6.45) is -0.421. The quantitative estimate of drug-likeness (QED) is 0.390. The Balaban J connectivity index is 3.02. The van der Waals surface area contributed by atoms with Gasteiger partial charge in [-0.25, -0.2) is 0 Å². The van der Waals surface area contributed by atoms with Gasteiger partial charge < -0.3 is 19.2 Å². The normalized spacial score (nSPS) is 23.1. The largest absolute Gasteiger partial charge is 0.481 e. The molecule has 4 atom stereocenters. The lowest BCUT2D eigenvalue weighted by Crippen LogP contribution is -2.69. The van der Waals surface area contributed by atoms with Crippen LogP contribution in [-0.4, -0.2) is 60.5 Å². The average molecular weight is 416 g/mol. The first-order valence-corrected chi connectivity index (χ1v) is 12.7. The molecule has 1 aliphatic rings. The van der Waals surface area contributed by atoms with Crippen molar-refractivity contribution in [3.05, 3.63) is 0 Å². The van der Waals surface area contributed by atoms with E-state index in [4.69, 9.17) is 9.16 Å². The predicted octanol–water partition coefficient (Wildman–Crippen LogP) is 3.29. The van der Waals surface area contributed by atoms with Gasteiger partial charge in [0.15, 0.2) is 8.32 Å². The molecule has 1 heterocycles. The van der Waals surface area contributed by atoms with Crippen LogP contribution in [0.4, 0.5) is 0 Å². The number of amides is 1. The lowest BCUT2D eigenvalue weighted by Gasteiger charge is -2.52. The number of carbonyl (C=O) groups is 3. The van der Waals surface area contributed by atoms with Gasteiger partial charge in [-0.3, -0.25) is 14.4 Å². The highest BCUT2D eigenvalue weighted by Gasteiger charge is 2.56. The summed E-state index contributed by atoms with van der Waals surface area (Å²) in [6.45, 7) is 18.9. The molecule has 1 aliphatic heterocycles. The van der Waals surface area contributed by atoms with Gasteiger partial charge >= 0.3 is 11.9 Å². The minimum absolute atomic E-state index is 0.0296. The van der Waals surface area contributed by atoms with E-state index in [-0.39, 0.29) is 17.5 Å². The first kappa shape index (κ1) is 24.6. The Kier molecular flexibility index (Phi) is 7.16. The number of aliphatic carboxylic acids is 1. The van der Waals surface area contributed by atoms with Gasteiger partial charge in [0.05, 0.1) is 24.0 Å². The molecule has 0 bridgehead atoms. The summed E-state index contributed by atoms with van der Waals surface area (Å²) in [6, 6.07) is -0.600. The topological polar surface area (TPSA) is 93.1 Å². The number of ether oxygens (including phenoxy) is 1. The molecule has 1 fully saturated rings. The van der Waals surface area contributed by atoms with Crippen molar-refractivity contribution in [2.75, 3.05) is 6.54 Å². The van der Waals surface area contributed by atoms with Gasteiger partial charge in [0.25, 0.3) is 0 Å². The Morgan fingerprint density at radius 2 is 1.64 bits per heavy atom. The summed E-state index contributed by atoms with van der Waals surface area (Å²) in [4.78, 5) is 38.0. The fourth-order valence-corrected chi connectivity index (χ4v) is 4.64. The van der Waals surface area contributed by atoms with Gasteiger partial charge in [0.1, 0.15) is 12.1 Å². The Hall–Kier alpha value is -1.41. The number of carboxylic acids is 1. The van der Waals surface area contributed by atoms with E-state index in [9.17, 15) is 19.5 Å². The van der Waals surface area contributed by atoms with Gasteiger partial charge in [0.2, 0.25) is 5.91 Å². The summed E-state index contributed by atoms with van der Waals surface area (Å²) in [5.74, 6) is -3.19. The fraction of sp³-hybridized carbons (Fsp3) is 0.850. The second-order valence-corrected chi connectivity index (χ2v) is 15.0. The molecule has 7 nitrogen and oxygen atoms in total. The first-order chi connectivity index (χ1) is 12.4. The van der Waals surface area contributed by atoms with Crippen LogP contribution in [0.5, 0.6) is 0 Å². The summed E-state index contributed by atoms with van der Waals surface area (Å²) in [5.41, 5.74) is -0.670. The summed E-state index contributed by atoms with van der Waals surface area (Å²) < 4.78 is 11.7. The molecule has 0 aromatic carbocycles. The van der Waals surface area contributed by atoms with Crippen molar-refractivity contribution < 1.29 is 28.7 Å². The summed E-state index contributed by atoms with van der Waals surface area (Å²) >= 11 is 0. The van der Waals surface area contributed by atoms with E-state index in [1.807, 2.05) is 6.92 Å². The summed E-state index contributed by atoms with van der Waals surface area (Å²) in [7, 11) is -2.13. The Bertz CT molecular complexity index is 619. The number of nitrogens with zero attached hydrogens (tertiary/aromatic N) is 1. The second kappa shape index (κ2) is 8.14. The van der Waals surface area contributed by atoms with Crippen molar-refractivity contribution >= 4 is 26.2 Å². The molecule has 0 aromatic heterocycles. The zero-order valence-electron chi connectivity index (χ0n) is 19.0. The van der Waals surface area contributed by atoms with Gasteiger partial charge in [-0.15, -0.1) is 0 Å². The van der Waals surface area contributed by atoms with Crippen LogP contribution in [0.3, 0.4) is 0 Å². The van der Waals surface area contributed by atoms with Crippen molar-refractivity contribution in [1.82, 2.24) is 4.90 Å². The third kappa shape index (κ3) is 5.56. The molecule has 1 rings (SSSR count). The minimum atomic E-state index is -2.13. The molecule has 0 aromatic rings. The predicted molar refractivity (Wildman–Crippen MR) is 109 cm³/mol. The number of rotatable bonds is 7. The van der Waals surface area contributed by atoms with Gasteiger partial charge in [-0.05, 0) is 52.8 Å². The number of carbonyl (C=O) groups excluding carboxylic acids is 2. The molecule has 0 spiro atoms. The number of hydrogen-bond donors (Lipinski definition) is 1. The smallest absolute Gasteiger partial charge is 0.326 e. The molecule has 1 N–H and O–H groups in total. The van der Waals surface area contributed by atoms with Gasteiger partial charge in [-0.2, -0.15) is 0 Å². The van der Waals surface area contributed by atoms with Crippen LogP contribution >= 0.6 is 0 Å². The van der Waals surface area contributed by atoms with Crippen molar-refractivity contribution in [3.63, 3.8) is 0 Å². The van der Waals surface area contributed by atoms with Crippen LogP contribution in [0.15, 0.2) is 0 Å². The Morgan fingerprint density at radius 3 is 2.04 bits per heavy atom. The number of likely N-dealkylation sites (tertiary alicyclic amines) is 1. The van der Waals surface area contributed by atoms with Crippen LogP contribution < -0.4 is 0 Å². The van der Waals surface area contributed by atoms with E-state index in [1.54, 1.807) is 27.7 Å². The molecule has 28 heavy (non-hydrogen) atoms. The molecule has 0 unspecified atom stereocenters. The highest BCUT2D eigenvalue weighted by molar-refractivity contribution is 6.74. The maximum atomic E-state index is 12.8. The first-order valence-electron chi connectivity index (χ1n) is 9.82. The maximum Gasteiger partial charge on any atom is 0.326 e. The highest BCUT2D eigenvalue weighted by Crippen LogP contribution is 2.41. The van der Waals surface area contributed by atoms with Crippen LogP contribution in [0, 0.1) is 11.8 Å². The van der Waals surface area contributed by atoms with Crippen LogP contribution in [-0.2, 0) is 23.5 Å². The molecular formula is C20H37NO6Si. The minimum Gasteiger partial charge on any atom is -0.481 e. The molecule has 1 amide bonds. The fourth-order valence-electron chi connectivity index (χ4n) is 3.21. The lowest BCUT2D eigenvalue weighted by molar-refractivity contribution is -0.180. The van der Waals surface area contributed by atoms with Gasteiger partial charge in [-0.1, -0.05) is 20.8 Å². The zero-order chi connectivity index (χ0) is 22.2. The molecule has 0 aliphatic carbocycles. The lowest BCUT2D eigenvalue weighted by atomic mass is 9.76. The van der Waals surface area contributed by atoms with Crippen LogP contribution in [0.2, 0.25) is 18.1 Å². The summed E-state index contributed by atoms with van der Waals surface area (Å²) in [5, 5.41) is 9.49. The number of hydrogen-bond acceptors (Lipinski definition) is 5. The second-order valence-electron chi connectivity index (χ2n) is 10.3. The highest BCUT2D eigenvalue weighted by atomic mass is 28.4. The van der Waals surface area contributed by atoms with E-state index in [0.717, 1.165) is 0 Å². The Morgan fingerprint density at radius 1 is 1.14 bits per heavy atom. The van der Waals surface area contributed by atoms with E-state index in [0.29, 0.717) is 0 Å². The van der Waals surface area contributed by atoms with Crippen LogP contribution in [0.25, 0.3) is 0 Å².